The van der Waals surface area contributed by atoms with Crippen molar-refractivity contribution in [3.8, 4) is 0 Å². The molecule has 186 valence electrons. The molecule has 1 atom stereocenters. The van der Waals surface area contributed by atoms with Crippen molar-refractivity contribution in [3.05, 3.63) is 88.3 Å². The zero-order valence-corrected chi connectivity index (χ0v) is 19.4. The average molecular weight is 499 g/mol. The number of Topliss-reactive ketones (excluding diaryl/α,β-unsaturated/α-hetero) is 1. The second kappa shape index (κ2) is 10.5. The first-order valence-electron chi connectivity index (χ1n) is 10.9. The number of azo groups is 1. The molecule has 37 heavy (non-hydrogen) atoms. The number of amides is 3. The van der Waals surface area contributed by atoms with Crippen molar-refractivity contribution >= 4 is 51.6 Å². The van der Waals surface area contributed by atoms with E-state index in [4.69, 9.17) is 5.73 Å². The fraction of sp³-hybridized carbons (Fsp3) is 0.0800. The second-order valence-corrected chi connectivity index (χ2v) is 8.00. The lowest BCUT2D eigenvalue weighted by Crippen LogP contribution is -2.31. The van der Waals surface area contributed by atoms with E-state index in [1.54, 1.807) is 30.3 Å². The molecule has 6 N–H and O–H groups in total. The Morgan fingerprint density at radius 3 is 2.08 bits per heavy atom. The Morgan fingerprint density at radius 1 is 0.811 bits per heavy atom. The Labute approximate surface area is 209 Å². The Morgan fingerprint density at radius 2 is 1.43 bits per heavy atom. The van der Waals surface area contributed by atoms with E-state index in [2.05, 4.69) is 30.8 Å². The van der Waals surface area contributed by atoms with E-state index in [9.17, 15) is 24.0 Å². The molecule has 12 heteroatoms. The third-order valence-electron chi connectivity index (χ3n) is 5.26. The summed E-state index contributed by atoms with van der Waals surface area (Å²) in [6.45, 7) is 1.22. The zero-order valence-electron chi connectivity index (χ0n) is 19.4. The first kappa shape index (κ1) is 24.7. The smallest absolute Gasteiger partial charge is 0.323 e. The number of aromatic amines is 2. The van der Waals surface area contributed by atoms with E-state index >= 15 is 0 Å². The van der Waals surface area contributed by atoms with Crippen LogP contribution in [-0.4, -0.2) is 39.5 Å². The molecule has 1 heterocycles. The molecular formula is C25H21N7O5. The highest BCUT2D eigenvalue weighted by atomic mass is 16.2. The van der Waals surface area contributed by atoms with Crippen LogP contribution in [0.5, 0.6) is 0 Å². The van der Waals surface area contributed by atoms with E-state index in [0.717, 1.165) is 0 Å². The summed E-state index contributed by atoms with van der Waals surface area (Å²) >= 11 is 0. The van der Waals surface area contributed by atoms with Gasteiger partial charge in [0, 0.05) is 22.5 Å². The number of nitrogens with one attached hydrogen (secondary N) is 4. The van der Waals surface area contributed by atoms with Gasteiger partial charge in [0.25, 0.3) is 11.8 Å². The maximum absolute atomic E-state index is 12.6. The fourth-order valence-electron chi connectivity index (χ4n) is 3.36. The maximum Gasteiger partial charge on any atom is 0.323 e. The molecular weight excluding hydrogens is 478 g/mol. The number of carbonyl (C=O) groups is 4. The number of aromatic nitrogens is 2. The number of nitrogens with two attached hydrogens (primary N) is 1. The lowest BCUT2D eigenvalue weighted by Gasteiger charge is -2.09. The van der Waals surface area contributed by atoms with Gasteiger partial charge in [-0.2, -0.15) is 10.2 Å². The van der Waals surface area contributed by atoms with Gasteiger partial charge in [-0.05, 0) is 73.7 Å². The Kier molecular flexibility index (Phi) is 7.00. The number of primary amides is 1. The number of hydrogen-bond donors (Lipinski definition) is 5. The molecule has 12 nitrogen and oxygen atoms in total. The Balaban J connectivity index is 1.40. The monoisotopic (exact) mass is 499 g/mol. The standard InChI is InChI=1S/C25H21N7O5/c1-13(33)21(24(36)28-18-10-11-19-20(12-18)30-25(37)29-19)32-31-17-8-4-15(5-9-17)23(35)27-16-6-2-14(3-7-16)22(26)34/h2-12,21H,1H3,(H2,26,34)(H,27,35)(H,28,36)(H2,29,30,37)/t21-/m1/s1. The predicted molar refractivity (Wildman–Crippen MR) is 136 cm³/mol. The van der Waals surface area contributed by atoms with Crippen molar-refractivity contribution < 1.29 is 19.2 Å². The minimum Gasteiger partial charge on any atom is -0.366 e. The van der Waals surface area contributed by atoms with Gasteiger partial charge in [0.2, 0.25) is 11.9 Å². The largest absolute Gasteiger partial charge is 0.366 e. The third kappa shape index (κ3) is 6.00. The van der Waals surface area contributed by atoms with Gasteiger partial charge in [-0.15, -0.1) is 0 Å². The average Bonchev–Trinajstić information content (AvgIpc) is 3.24. The lowest BCUT2D eigenvalue weighted by molar-refractivity contribution is -0.126. The van der Waals surface area contributed by atoms with E-state index in [0.29, 0.717) is 39.2 Å². The highest BCUT2D eigenvalue weighted by Crippen LogP contribution is 2.18. The molecule has 0 spiro atoms. The van der Waals surface area contributed by atoms with E-state index in [1.165, 1.54) is 43.3 Å². The van der Waals surface area contributed by atoms with Gasteiger partial charge in [-0.25, -0.2) is 4.79 Å². The van der Waals surface area contributed by atoms with Crippen LogP contribution in [0.4, 0.5) is 17.1 Å². The van der Waals surface area contributed by atoms with Crippen LogP contribution in [0.25, 0.3) is 11.0 Å². The number of hydrogen-bond acceptors (Lipinski definition) is 7. The highest BCUT2D eigenvalue weighted by Gasteiger charge is 2.23. The van der Waals surface area contributed by atoms with Crippen LogP contribution in [0.2, 0.25) is 0 Å². The molecule has 4 rings (SSSR count). The number of carbonyl (C=O) groups excluding carboxylic acids is 4. The molecule has 0 aliphatic rings. The van der Waals surface area contributed by atoms with Gasteiger partial charge in [-0.1, -0.05) is 0 Å². The van der Waals surface area contributed by atoms with E-state index < -0.39 is 29.5 Å². The quantitative estimate of drug-likeness (QED) is 0.183. The predicted octanol–water partition coefficient (Wildman–Crippen LogP) is 2.89. The third-order valence-corrected chi connectivity index (χ3v) is 5.26. The molecule has 1 aromatic heterocycles. The normalized spacial score (nSPS) is 11.8. The summed E-state index contributed by atoms with van der Waals surface area (Å²) in [7, 11) is 0. The fourth-order valence-corrected chi connectivity index (χ4v) is 3.36. The molecule has 0 saturated carbocycles. The van der Waals surface area contributed by atoms with Crippen molar-refractivity contribution in [1.29, 1.82) is 0 Å². The Hall–Kier alpha value is -5.39. The Bertz CT molecular complexity index is 1580. The van der Waals surface area contributed by atoms with Crippen LogP contribution < -0.4 is 22.1 Å². The van der Waals surface area contributed by atoms with Crippen molar-refractivity contribution in [2.75, 3.05) is 10.6 Å². The van der Waals surface area contributed by atoms with Crippen LogP contribution in [0.3, 0.4) is 0 Å². The minimum atomic E-state index is -1.40. The lowest BCUT2D eigenvalue weighted by atomic mass is 10.1. The summed E-state index contributed by atoms with van der Waals surface area (Å²) in [6, 6.07) is 15.5. The summed E-state index contributed by atoms with van der Waals surface area (Å²) in [5, 5.41) is 13.1. The van der Waals surface area contributed by atoms with Crippen molar-refractivity contribution in [3.63, 3.8) is 0 Å². The molecule has 0 radical (unpaired) electrons. The number of rotatable bonds is 8. The number of fused-ring (bicyclic) bond motifs is 1. The maximum atomic E-state index is 12.6. The van der Waals surface area contributed by atoms with E-state index in [1.807, 2.05) is 0 Å². The zero-order chi connectivity index (χ0) is 26.5. The molecule has 4 aromatic rings. The van der Waals surface area contributed by atoms with Crippen molar-refractivity contribution in [1.82, 2.24) is 9.97 Å². The molecule has 0 aliphatic heterocycles. The van der Waals surface area contributed by atoms with Crippen LogP contribution in [0.15, 0.2) is 81.8 Å². The number of ketones is 1. The molecule has 3 amide bonds. The molecule has 0 saturated heterocycles. The summed E-state index contributed by atoms with van der Waals surface area (Å²) in [6.07, 6.45) is 0. The van der Waals surface area contributed by atoms with Crippen LogP contribution in [-0.2, 0) is 9.59 Å². The number of imidazole rings is 1. The number of anilines is 2. The highest BCUT2D eigenvalue weighted by molar-refractivity contribution is 6.10. The van der Waals surface area contributed by atoms with Gasteiger partial charge < -0.3 is 26.3 Å². The van der Waals surface area contributed by atoms with Gasteiger partial charge in [0.15, 0.2) is 5.78 Å². The first-order valence-corrected chi connectivity index (χ1v) is 10.9. The minimum absolute atomic E-state index is 0.323. The number of H-pyrrole nitrogens is 2. The van der Waals surface area contributed by atoms with Crippen molar-refractivity contribution in [2.24, 2.45) is 16.0 Å². The van der Waals surface area contributed by atoms with Crippen LogP contribution in [0, 0.1) is 0 Å². The van der Waals surface area contributed by atoms with Crippen LogP contribution >= 0.6 is 0 Å². The molecule has 3 aromatic carbocycles. The second-order valence-electron chi connectivity index (χ2n) is 8.00. The molecule has 0 fully saturated rings. The van der Waals surface area contributed by atoms with Crippen LogP contribution in [0.1, 0.15) is 27.6 Å². The molecule has 0 bridgehead atoms. The number of nitrogens with zero attached hydrogens (tertiary/aromatic N) is 2. The van der Waals surface area contributed by atoms with Crippen molar-refractivity contribution in [2.45, 2.75) is 13.0 Å². The van der Waals surface area contributed by atoms with Gasteiger partial charge in [0.1, 0.15) is 0 Å². The van der Waals surface area contributed by atoms with E-state index in [-0.39, 0.29) is 5.69 Å². The SMILES string of the molecule is CC(=O)[C@@H](N=Nc1ccc(C(=O)Nc2ccc(C(N)=O)cc2)cc1)C(=O)Nc1ccc2[nH]c(=O)[nH]c2c1. The first-order chi connectivity index (χ1) is 17.7. The molecule has 0 unspecified atom stereocenters. The molecule has 0 aliphatic carbocycles. The number of benzene rings is 3. The summed E-state index contributed by atoms with van der Waals surface area (Å²) in [5.41, 5.74) is 7.73. The topological polar surface area (TPSA) is 192 Å². The van der Waals surface area contributed by atoms with Gasteiger partial charge >= 0.3 is 5.69 Å². The summed E-state index contributed by atoms with van der Waals surface area (Å²) in [4.78, 5) is 64.9. The summed E-state index contributed by atoms with van der Waals surface area (Å²) < 4.78 is 0. The van der Waals surface area contributed by atoms with Gasteiger partial charge in [-0.3, -0.25) is 19.2 Å². The summed E-state index contributed by atoms with van der Waals surface area (Å²) in [5.74, 6) is -2.16. The van der Waals surface area contributed by atoms with Gasteiger partial charge in [0.05, 0.1) is 16.7 Å².